The molecule has 0 aliphatic carbocycles. The summed E-state index contributed by atoms with van der Waals surface area (Å²) < 4.78 is 28.1. The lowest BCUT2D eigenvalue weighted by atomic mass is 9.93. The van der Waals surface area contributed by atoms with Crippen molar-refractivity contribution in [1.82, 2.24) is 20.1 Å². The second kappa shape index (κ2) is 10.2. The van der Waals surface area contributed by atoms with Gasteiger partial charge < -0.3 is 20.9 Å². The van der Waals surface area contributed by atoms with Crippen LogP contribution in [0, 0.1) is 0 Å². The Morgan fingerprint density at radius 2 is 1.77 bits per heavy atom. The largest absolute Gasteiger partial charge is 0.383 e. The molecule has 39 heavy (non-hydrogen) atoms. The smallest absolute Gasteiger partial charge is 0.261 e. The predicted octanol–water partition coefficient (Wildman–Crippen LogP) is 3.88. The molecule has 2 saturated heterocycles. The number of piperazine rings is 1. The Morgan fingerprint density at radius 3 is 2.54 bits per heavy atom. The first-order chi connectivity index (χ1) is 18.8. The van der Waals surface area contributed by atoms with E-state index in [1.54, 1.807) is 6.20 Å². The van der Waals surface area contributed by atoms with Gasteiger partial charge in [-0.05, 0) is 60.0 Å². The number of hydrogen-bond acceptors (Lipinski definition) is 6. The summed E-state index contributed by atoms with van der Waals surface area (Å²) >= 11 is 0. The molecule has 9 heteroatoms. The van der Waals surface area contributed by atoms with Crippen LogP contribution in [0.5, 0.6) is 0 Å². The van der Waals surface area contributed by atoms with E-state index in [-0.39, 0.29) is 18.9 Å². The maximum atomic E-state index is 14.1. The number of nitrogens with one attached hydrogen (secondary N) is 1. The van der Waals surface area contributed by atoms with Gasteiger partial charge in [0.25, 0.3) is 11.8 Å². The van der Waals surface area contributed by atoms with Crippen molar-refractivity contribution in [3.8, 4) is 22.3 Å². The van der Waals surface area contributed by atoms with Crippen molar-refractivity contribution < 1.29 is 13.6 Å². The summed E-state index contributed by atoms with van der Waals surface area (Å²) in [4.78, 5) is 23.3. The number of anilines is 2. The fourth-order valence-corrected chi connectivity index (χ4v) is 5.89. The maximum absolute atomic E-state index is 14.1. The van der Waals surface area contributed by atoms with Gasteiger partial charge in [-0.2, -0.15) is 0 Å². The van der Waals surface area contributed by atoms with Gasteiger partial charge >= 0.3 is 0 Å². The molecule has 0 atom stereocenters. The monoisotopic (exact) mass is 532 g/mol. The molecule has 3 aromatic rings. The number of nitrogens with two attached hydrogens (primary N) is 1. The van der Waals surface area contributed by atoms with E-state index >= 15 is 0 Å². The standard InChI is InChI=1S/C30H34F2N6O/c1-36-10-12-38(13-11-36)24-3-5-25(23(15-24)18-37-9-7-30(31,32)19-37)22-16-27(28(33)35-17-22)20-2-4-26-21(14-20)6-8-34-29(26)39/h2-5,14-17H,6-13,18-19H2,1H3,(H2,33,35)(H,34,39). The molecule has 2 fully saturated rings. The summed E-state index contributed by atoms with van der Waals surface area (Å²) in [6, 6.07) is 14.2. The highest BCUT2D eigenvalue weighted by atomic mass is 19.3. The Labute approximate surface area is 227 Å². The highest BCUT2D eigenvalue weighted by molar-refractivity contribution is 5.97. The number of nitrogens with zero attached hydrogens (tertiary/aromatic N) is 4. The number of benzene rings is 2. The Hall–Kier alpha value is -3.56. The van der Waals surface area contributed by atoms with Crippen molar-refractivity contribution in [3.05, 3.63) is 65.4 Å². The number of amides is 1. The molecule has 3 aliphatic heterocycles. The number of carbonyl (C=O) groups excluding carboxylic acids is 1. The van der Waals surface area contributed by atoms with Crippen LogP contribution in [0.15, 0.2) is 48.7 Å². The van der Waals surface area contributed by atoms with Crippen LogP contribution in [0.2, 0.25) is 0 Å². The van der Waals surface area contributed by atoms with Crippen molar-refractivity contribution in [2.24, 2.45) is 0 Å². The third-order valence-corrected chi connectivity index (χ3v) is 8.17. The highest BCUT2D eigenvalue weighted by Crippen LogP contribution is 2.36. The zero-order valence-corrected chi connectivity index (χ0v) is 22.2. The maximum Gasteiger partial charge on any atom is 0.261 e. The number of likely N-dealkylation sites (tertiary alicyclic amines) is 1. The molecule has 1 aromatic heterocycles. The molecule has 204 valence electrons. The molecule has 2 aromatic carbocycles. The van der Waals surface area contributed by atoms with Gasteiger partial charge in [-0.1, -0.05) is 18.2 Å². The highest BCUT2D eigenvalue weighted by Gasteiger charge is 2.38. The minimum absolute atomic E-state index is 0.0554. The normalized spacial score (nSPS) is 19.7. The molecule has 0 spiro atoms. The number of halogens is 2. The molecule has 3 N–H and O–H groups in total. The van der Waals surface area contributed by atoms with E-state index in [9.17, 15) is 13.6 Å². The van der Waals surface area contributed by atoms with Gasteiger partial charge in [0, 0.05) is 80.8 Å². The Bertz CT molecular complexity index is 1400. The third kappa shape index (κ3) is 5.33. The van der Waals surface area contributed by atoms with Crippen LogP contribution in [-0.4, -0.2) is 79.5 Å². The van der Waals surface area contributed by atoms with Crippen molar-refractivity contribution in [3.63, 3.8) is 0 Å². The lowest BCUT2D eigenvalue weighted by molar-refractivity contribution is 0.0115. The number of fused-ring (bicyclic) bond motifs is 1. The van der Waals surface area contributed by atoms with E-state index in [2.05, 4.69) is 45.3 Å². The van der Waals surface area contributed by atoms with Gasteiger partial charge in [0.2, 0.25) is 0 Å². The van der Waals surface area contributed by atoms with Crippen molar-refractivity contribution >= 4 is 17.4 Å². The summed E-state index contributed by atoms with van der Waals surface area (Å²) in [7, 11) is 2.13. The van der Waals surface area contributed by atoms with Gasteiger partial charge in [-0.3, -0.25) is 9.69 Å². The van der Waals surface area contributed by atoms with E-state index in [0.717, 1.165) is 71.7 Å². The van der Waals surface area contributed by atoms with Crippen LogP contribution in [-0.2, 0) is 13.0 Å². The SMILES string of the molecule is CN1CCN(c2ccc(-c3cnc(N)c(-c4ccc5c(c4)CCNC5=O)c3)c(CN3CCC(F)(F)C3)c2)CC1. The number of likely N-dealkylation sites (N-methyl/N-ethyl adjacent to an activating group) is 1. The van der Waals surface area contributed by atoms with Crippen LogP contribution >= 0.6 is 0 Å². The van der Waals surface area contributed by atoms with Crippen molar-refractivity contribution in [2.45, 2.75) is 25.3 Å². The first kappa shape index (κ1) is 25.7. The number of carbonyl (C=O) groups is 1. The Morgan fingerprint density at radius 1 is 0.974 bits per heavy atom. The number of nitrogen functional groups attached to an aromatic ring is 1. The summed E-state index contributed by atoms with van der Waals surface area (Å²) in [6.07, 6.45) is 2.42. The zero-order chi connectivity index (χ0) is 27.1. The fourth-order valence-electron chi connectivity index (χ4n) is 5.89. The average molecular weight is 533 g/mol. The van der Waals surface area contributed by atoms with E-state index in [1.807, 2.05) is 29.2 Å². The second-order valence-corrected chi connectivity index (χ2v) is 11.0. The van der Waals surface area contributed by atoms with E-state index in [1.165, 1.54) is 0 Å². The van der Waals surface area contributed by atoms with Crippen LogP contribution in [0.1, 0.15) is 27.9 Å². The molecule has 3 aliphatic rings. The first-order valence-corrected chi connectivity index (χ1v) is 13.6. The molecular weight excluding hydrogens is 498 g/mol. The molecule has 1 amide bonds. The fraction of sp³-hybridized carbons (Fsp3) is 0.400. The number of rotatable bonds is 5. The average Bonchev–Trinajstić information content (AvgIpc) is 3.27. The molecule has 7 nitrogen and oxygen atoms in total. The predicted molar refractivity (Wildman–Crippen MR) is 150 cm³/mol. The van der Waals surface area contributed by atoms with Crippen molar-refractivity contribution in [2.75, 3.05) is 63.5 Å². The molecule has 4 heterocycles. The zero-order valence-electron chi connectivity index (χ0n) is 22.2. The van der Waals surface area contributed by atoms with Crippen molar-refractivity contribution in [1.29, 1.82) is 0 Å². The number of aromatic nitrogens is 1. The summed E-state index contributed by atoms with van der Waals surface area (Å²) in [5, 5.41) is 2.88. The number of hydrogen-bond donors (Lipinski definition) is 2. The summed E-state index contributed by atoms with van der Waals surface area (Å²) in [5.41, 5.74) is 13.7. The summed E-state index contributed by atoms with van der Waals surface area (Å²) in [6.45, 7) is 5.05. The number of pyridine rings is 1. The molecule has 0 unspecified atom stereocenters. The minimum atomic E-state index is -2.64. The lowest BCUT2D eigenvalue weighted by Crippen LogP contribution is -2.44. The Balaban J connectivity index is 1.37. The van der Waals surface area contributed by atoms with Crippen LogP contribution in [0.3, 0.4) is 0 Å². The van der Waals surface area contributed by atoms with E-state index < -0.39 is 5.92 Å². The van der Waals surface area contributed by atoms with Crippen LogP contribution < -0.4 is 16.0 Å². The second-order valence-electron chi connectivity index (χ2n) is 11.0. The lowest BCUT2D eigenvalue weighted by Gasteiger charge is -2.34. The third-order valence-electron chi connectivity index (χ3n) is 8.17. The minimum Gasteiger partial charge on any atom is -0.383 e. The van der Waals surface area contributed by atoms with Gasteiger partial charge in [-0.25, -0.2) is 13.8 Å². The van der Waals surface area contributed by atoms with Gasteiger partial charge in [0.15, 0.2) is 0 Å². The topological polar surface area (TPSA) is 77.7 Å². The molecule has 6 rings (SSSR count). The van der Waals surface area contributed by atoms with E-state index in [4.69, 9.17) is 5.73 Å². The molecular formula is C30H34F2N6O. The van der Waals surface area contributed by atoms with Gasteiger partial charge in [0.1, 0.15) is 5.82 Å². The van der Waals surface area contributed by atoms with Gasteiger partial charge in [0.05, 0.1) is 6.54 Å². The first-order valence-electron chi connectivity index (χ1n) is 13.6. The van der Waals surface area contributed by atoms with Crippen LogP contribution in [0.4, 0.5) is 20.3 Å². The number of alkyl halides is 2. The summed E-state index contributed by atoms with van der Waals surface area (Å²) in [5.74, 6) is -2.29. The van der Waals surface area contributed by atoms with Crippen LogP contribution in [0.25, 0.3) is 22.3 Å². The van der Waals surface area contributed by atoms with E-state index in [0.29, 0.717) is 31.0 Å². The molecule has 0 bridgehead atoms. The Kier molecular flexibility index (Phi) is 6.72. The quantitative estimate of drug-likeness (QED) is 0.520. The van der Waals surface area contributed by atoms with Gasteiger partial charge in [-0.15, -0.1) is 0 Å². The molecule has 0 saturated carbocycles. The molecule has 0 radical (unpaired) electrons.